The van der Waals surface area contributed by atoms with Crippen LogP contribution in [0, 0.1) is 29.1 Å². The number of benzene rings is 1. The van der Waals surface area contributed by atoms with E-state index in [0.29, 0.717) is 0 Å². The van der Waals surface area contributed by atoms with Crippen LogP contribution >= 0.6 is 9.03 Å². The zero-order valence-electron chi connectivity index (χ0n) is 8.25. The van der Waals surface area contributed by atoms with Crippen LogP contribution in [0.3, 0.4) is 0 Å². The van der Waals surface area contributed by atoms with Crippen LogP contribution < -0.4 is 4.52 Å². The second kappa shape index (κ2) is 6.60. The molecule has 1 atom stereocenters. The molecular weight excluding hydrogens is 254 g/mol. The average molecular weight is 262 g/mol. The summed E-state index contributed by atoms with van der Waals surface area (Å²) in [7, 11) is -1.42. The van der Waals surface area contributed by atoms with E-state index < -0.39 is 43.9 Å². The third-order valence-corrected chi connectivity index (χ3v) is 1.61. The Morgan fingerprint density at radius 3 is 1.44 bits per heavy atom. The van der Waals surface area contributed by atoms with Crippen molar-refractivity contribution in [3.63, 3.8) is 0 Å². The molecule has 0 aliphatic heterocycles. The number of rotatable bonds is 2. The van der Waals surface area contributed by atoms with E-state index in [2.05, 4.69) is 4.52 Å². The number of halogens is 5. The summed E-state index contributed by atoms with van der Waals surface area (Å²) in [6, 6.07) is 0. The van der Waals surface area contributed by atoms with E-state index in [9.17, 15) is 22.0 Å². The minimum absolute atomic E-state index is 1.42. The highest BCUT2D eigenvalue weighted by Crippen LogP contribution is 2.31. The van der Waals surface area contributed by atoms with E-state index in [1.165, 1.54) is 0 Å². The highest BCUT2D eigenvalue weighted by Gasteiger charge is 2.26. The Hall–Kier alpha value is -0.940. The Labute approximate surface area is 90.0 Å². The fourth-order valence-electron chi connectivity index (χ4n) is 0.720. The minimum atomic E-state index is -2.27. The van der Waals surface area contributed by atoms with E-state index in [1.807, 2.05) is 13.8 Å². The van der Waals surface area contributed by atoms with Crippen molar-refractivity contribution < 1.29 is 31.4 Å². The molecule has 16 heavy (non-hydrogen) atoms. The van der Waals surface area contributed by atoms with E-state index in [1.54, 1.807) is 0 Å². The summed E-state index contributed by atoms with van der Waals surface area (Å²) in [6.45, 7) is 4.00. The second-order valence-corrected chi connectivity index (χ2v) is 2.48. The zero-order chi connectivity index (χ0) is 12.9. The quantitative estimate of drug-likeness (QED) is 0.383. The molecule has 0 amide bonds. The van der Waals surface area contributed by atoms with Gasteiger partial charge in [-0.25, -0.2) is 13.2 Å². The van der Waals surface area contributed by atoms with E-state index in [4.69, 9.17) is 4.89 Å². The van der Waals surface area contributed by atoms with Gasteiger partial charge in [0.2, 0.25) is 43.9 Å². The third-order valence-electron chi connectivity index (χ3n) is 1.32. The molecule has 0 heterocycles. The molecule has 8 heteroatoms. The maximum Gasteiger partial charge on any atom is 0.212 e. The highest BCUT2D eigenvalue weighted by atomic mass is 31.1. The largest absolute Gasteiger partial charge is 0.444 e. The van der Waals surface area contributed by atoms with E-state index >= 15 is 0 Å². The van der Waals surface area contributed by atoms with Gasteiger partial charge in [0.25, 0.3) is 0 Å². The molecular formula is C8H8F5O2P. The number of hydrogen-bond donors (Lipinski definition) is 1. The van der Waals surface area contributed by atoms with Gasteiger partial charge in [0.15, 0.2) is 0 Å². The first kappa shape index (κ1) is 15.1. The van der Waals surface area contributed by atoms with Gasteiger partial charge in [0.1, 0.15) is 0 Å². The van der Waals surface area contributed by atoms with Crippen molar-refractivity contribution in [1.82, 2.24) is 0 Å². The summed E-state index contributed by atoms with van der Waals surface area (Å²) in [4.78, 5) is 8.15. The first-order valence-corrected chi connectivity index (χ1v) is 4.93. The lowest BCUT2D eigenvalue weighted by molar-refractivity contribution is 0.348. The predicted octanol–water partition coefficient (Wildman–Crippen LogP) is 3.29. The third kappa shape index (κ3) is 2.80. The monoisotopic (exact) mass is 262 g/mol. The Kier molecular flexibility index (Phi) is 6.21. The first-order valence-electron chi connectivity index (χ1n) is 4.08. The summed E-state index contributed by atoms with van der Waals surface area (Å²) in [5.41, 5.74) is 0. The SMILES string of the molecule is CC.OPOc1c(F)c(F)c(F)c(F)c1F. The second-order valence-electron chi connectivity index (χ2n) is 2.09. The van der Waals surface area contributed by atoms with Crippen LogP contribution in [-0.2, 0) is 0 Å². The molecule has 92 valence electrons. The van der Waals surface area contributed by atoms with Crippen molar-refractivity contribution in [2.45, 2.75) is 13.8 Å². The molecule has 0 aliphatic rings. The average Bonchev–Trinajstić information content (AvgIpc) is 2.32. The molecule has 1 rings (SSSR count). The van der Waals surface area contributed by atoms with E-state index in [0.717, 1.165) is 0 Å². The minimum Gasteiger partial charge on any atom is -0.444 e. The van der Waals surface area contributed by atoms with Crippen molar-refractivity contribution in [3.8, 4) is 5.75 Å². The molecule has 1 aromatic carbocycles. The van der Waals surface area contributed by atoms with Crippen LogP contribution in [0.4, 0.5) is 22.0 Å². The van der Waals surface area contributed by atoms with Crippen molar-refractivity contribution in [3.05, 3.63) is 29.1 Å². The van der Waals surface area contributed by atoms with Crippen molar-refractivity contribution >= 4 is 9.03 Å². The Balaban J connectivity index is 0.00000106. The van der Waals surface area contributed by atoms with Crippen LogP contribution in [-0.4, -0.2) is 4.89 Å². The summed E-state index contributed by atoms with van der Waals surface area (Å²) < 4.78 is 66.4. The van der Waals surface area contributed by atoms with Gasteiger partial charge in [0.05, 0.1) is 0 Å². The summed E-state index contributed by atoms with van der Waals surface area (Å²) in [5, 5.41) is 0. The molecule has 0 aromatic heterocycles. The molecule has 0 saturated carbocycles. The van der Waals surface area contributed by atoms with Gasteiger partial charge in [-0.2, -0.15) is 8.78 Å². The normalized spacial score (nSPS) is 10.2. The zero-order valence-corrected chi connectivity index (χ0v) is 9.25. The predicted molar refractivity (Wildman–Crippen MR) is 48.7 cm³/mol. The molecule has 0 saturated heterocycles. The lowest BCUT2D eigenvalue weighted by Crippen LogP contribution is -2.02. The van der Waals surface area contributed by atoms with Gasteiger partial charge in [-0.05, 0) is 0 Å². The van der Waals surface area contributed by atoms with Crippen LogP contribution in [0.1, 0.15) is 13.8 Å². The van der Waals surface area contributed by atoms with Crippen LogP contribution in [0.25, 0.3) is 0 Å². The van der Waals surface area contributed by atoms with Gasteiger partial charge < -0.3 is 9.42 Å². The van der Waals surface area contributed by atoms with Crippen molar-refractivity contribution in [1.29, 1.82) is 0 Å². The van der Waals surface area contributed by atoms with Crippen molar-refractivity contribution in [2.75, 3.05) is 0 Å². The topological polar surface area (TPSA) is 29.5 Å². The molecule has 1 unspecified atom stereocenters. The Morgan fingerprint density at radius 2 is 1.12 bits per heavy atom. The fraction of sp³-hybridized carbons (Fsp3) is 0.250. The maximum atomic E-state index is 12.6. The molecule has 0 bridgehead atoms. The van der Waals surface area contributed by atoms with Crippen LogP contribution in [0.2, 0.25) is 0 Å². The van der Waals surface area contributed by atoms with Crippen LogP contribution in [0.15, 0.2) is 0 Å². The molecule has 1 aromatic rings. The molecule has 2 nitrogen and oxygen atoms in total. The summed E-state index contributed by atoms with van der Waals surface area (Å²) in [6.07, 6.45) is 0. The maximum absolute atomic E-state index is 12.6. The van der Waals surface area contributed by atoms with Gasteiger partial charge in [-0.15, -0.1) is 0 Å². The smallest absolute Gasteiger partial charge is 0.212 e. The Morgan fingerprint density at radius 1 is 0.812 bits per heavy atom. The lowest BCUT2D eigenvalue weighted by atomic mass is 10.3. The van der Waals surface area contributed by atoms with Crippen LogP contribution in [0.5, 0.6) is 5.75 Å². The fourth-order valence-corrected chi connectivity index (χ4v) is 0.991. The molecule has 0 aliphatic carbocycles. The molecule has 0 fully saturated rings. The van der Waals surface area contributed by atoms with Gasteiger partial charge in [0, 0.05) is 0 Å². The number of hydrogen-bond acceptors (Lipinski definition) is 2. The standard InChI is InChI=1S/C6H2F5O2P.C2H6/c7-1-2(8)4(10)6(13-14-12)5(11)3(1)9;1-2/h12,14H;1-2H3. The Bertz CT molecular complexity index is 343. The molecule has 0 radical (unpaired) electrons. The summed E-state index contributed by atoms with van der Waals surface area (Å²) >= 11 is 0. The first-order chi connectivity index (χ1) is 7.50. The van der Waals surface area contributed by atoms with Gasteiger partial charge in [-0.3, -0.25) is 0 Å². The molecule has 0 spiro atoms. The van der Waals surface area contributed by atoms with Gasteiger partial charge in [-0.1, -0.05) is 13.8 Å². The molecule has 1 N–H and O–H groups in total. The van der Waals surface area contributed by atoms with Gasteiger partial charge >= 0.3 is 0 Å². The van der Waals surface area contributed by atoms with Crippen molar-refractivity contribution in [2.24, 2.45) is 0 Å². The lowest BCUT2D eigenvalue weighted by Gasteiger charge is -2.06. The highest BCUT2D eigenvalue weighted by molar-refractivity contribution is 7.25. The van der Waals surface area contributed by atoms with E-state index in [-0.39, 0.29) is 0 Å². The summed E-state index contributed by atoms with van der Waals surface area (Å²) in [5.74, 6) is -12.2.